The van der Waals surface area contributed by atoms with Crippen molar-refractivity contribution in [3.63, 3.8) is 0 Å². The van der Waals surface area contributed by atoms with Gasteiger partial charge in [-0.2, -0.15) is 18.4 Å². The highest BCUT2D eigenvalue weighted by Gasteiger charge is 2.38. The summed E-state index contributed by atoms with van der Waals surface area (Å²) in [6, 6.07) is 5.64. The van der Waals surface area contributed by atoms with Crippen LogP contribution in [0.3, 0.4) is 0 Å². The number of amides is 1. The van der Waals surface area contributed by atoms with Crippen LogP contribution in [0.1, 0.15) is 18.4 Å². The molecule has 0 heterocycles. The Bertz CT molecular complexity index is 615. The molecule has 1 N–H and O–H groups in total. The van der Waals surface area contributed by atoms with Crippen LogP contribution in [0.5, 0.6) is 0 Å². The zero-order valence-corrected chi connectivity index (χ0v) is 10.8. The van der Waals surface area contributed by atoms with Crippen LogP contribution in [0, 0.1) is 23.2 Å². The van der Waals surface area contributed by atoms with Gasteiger partial charge >= 0.3 is 6.18 Å². The van der Waals surface area contributed by atoms with Crippen LogP contribution >= 0.6 is 0 Å². The lowest BCUT2D eigenvalue weighted by Gasteiger charge is -2.11. The number of Topliss-reactive ketones (excluding diaryl/α,β-unsaturated/α-hetero) is 1. The molecule has 21 heavy (non-hydrogen) atoms. The van der Waals surface area contributed by atoms with Crippen molar-refractivity contribution < 1.29 is 22.8 Å². The van der Waals surface area contributed by atoms with E-state index in [2.05, 4.69) is 5.32 Å². The van der Waals surface area contributed by atoms with Crippen LogP contribution in [0.4, 0.5) is 18.9 Å². The molecule has 2 rings (SSSR count). The number of nitriles is 1. The van der Waals surface area contributed by atoms with Crippen molar-refractivity contribution in [1.29, 1.82) is 5.26 Å². The molecule has 0 spiro atoms. The zero-order valence-electron chi connectivity index (χ0n) is 10.8. The first-order valence-electron chi connectivity index (χ1n) is 6.24. The van der Waals surface area contributed by atoms with Crippen molar-refractivity contribution >= 4 is 17.4 Å². The second-order valence-electron chi connectivity index (χ2n) is 4.81. The van der Waals surface area contributed by atoms with Crippen LogP contribution in [0.25, 0.3) is 0 Å². The Morgan fingerprint density at radius 1 is 1.33 bits per heavy atom. The first-order valence-corrected chi connectivity index (χ1v) is 6.24. The van der Waals surface area contributed by atoms with E-state index in [1.54, 1.807) is 6.07 Å². The number of ketones is 1. The summed E-state index contributed by atoms with van der Waals surface area (Å²) in [5.74, 6) is -3.12. The molecule has 1 atom stereocenters. The fourth-order valence-corrected chi connectivity index (χ4v) is 1.84. The SMILES string of the molecule is N#CC(C(=O)Nc1cccc(C(F)(F)F)c1)C(=O)C1CC1. The summed E-state index contributed by atoms with van der Waals surface area (Å²) < 4.78 is 37.7. The summed E-state index contributed by atoms with van der Waals surface area (Å²) in [6.45, 7) is 0. The van der Waals surface area contributed by atoms with Crippen molar-refractivity contribution in [2.75, 3.05) is 5.32 Å². The van der Waals surface area contributed by atoms with Crippen molar-refractivity contribution in [3.8, 4) is 6.07 Å². The fourth-order valence-electron chi connectivity index (χ4n) is 1.84. The molecule has 7 heteroatoms. The molecule has 0 saturated heterocycles. The summed E-state index contributed by atoms with van der Waals surface area (Å²) in [6.07, 6.45) is -3.24. The van der Waals surface area contributed by atoms with E-state index in [0.29, 0.717) is 12.8 Å². The zero-order chi connectivity index (χ0) is 15.6. The first-order chi connectivity index (χ1) is 9.82. The number of anilines is 1. The van der Waals surface area contributed by atoms with E-state index in [9.17, 15) is 22.8 Å². The molecule has 0 bridgehead atoms. The number of hydrogen-bond donors (Lipinski definition) is 1. The van der Waals surface area contributed by atoms with E-state index in [4.69, 9.17) is 5.26 Å². The Labute approximate surface area is 118 Å². The summed E-state index contributed by atoms with van der Waals surface area (Å²) in [4.78, 5) is 23.6. The molecule has 0 aromatic heterocycles. The summed E-state index contributed by atoms with van der Waals surface area (Å²) in [7, 11) is 0. The number of alkyl halides is 3. The molecule has 1 fully saturated rings. The van der Waals surface area contributed by atoms with E-state index >= 15 is 0 Å². The Morgan fingerprint density at radius 2 is 2.00 bits per heavy atom. The molecule has 1 amide bonds. The van der Waals surface area contributed by atoms with E-state index in [1.807, 2.05) is 0 Å². The highest BCUT2D eigenvalue weighted by atomic mass is 19.4. The average molecular weight is 296 g/mol. The minimum atomic E-state index is -4.53. The van der Waals surface area contributed by atoms with Crippen molar-refractivity contribution in [3.05, 3.63) is 29.8 Å². The van der Waals surface area contributed by atoms with Gasteiger partial charge in [0.1, 0.15) is 0 Å². The maximum Gasteiger partial charge on any atom is 0.416 e. The lowest BCUT2D eigenvalue weighted by molar-refractivity contribution is -0.137. The number of benzene rings is 1. The van der Waals surface area contributed by atoms with Crippen LogP contribution in [-0.2, 0) is 15.8 Å². The second kappa shape index (κ2) is 5.56. The average Bonchev–Trinajstić information content (AvgIpc) is 3.23. The van der Waals surface area contributed by atoms with Gasteiger partial charge in [0.05, 0.1) is 11.6 Å². The Balaban J connectivity index is 2.12. The third-order valence-electron chi connectivity index (χ3n) is 3.11. The number of carbonyl (C=O) groups is 2. The Hall–Kier alpha value is -2.36. The number of carbonyl (C=O) groups excluding carboxylic acids is 2. The van der Waals surface area contributed by atoms with Crippen molar-refractivity contribution in [2.24, 2.45) is 11.8 Å². The standard InChI is InChI=1S/C14H11F3N2O2/c15-14(16,17)9-2-1-3-10(6-9)19-13(21)11(7-18)12(20)8-4-5-8/h1-3,6,8,11H,4-5H2,(H,19,21). The van der Waals surface area contributed by atoms with Crippen LogP contribution < -0.4 is 5.32 Å². The summed E-state index contributed by atoms with van der Waals surface area (Å²) >= 11 is 0. The third-order valence-corrected chi connectivity index (χ3v) is 3.11. The predicted molar refractivity (Wildman–Crippen MR) is 66.9 cm³/mol. The maximum atomic E-state index is 12.6. The predicted octanol–water partition coefficient (Wildman–Crippen LogP) is 2.76. The molecule has 0 radical (unpaired) electrons. The second-order valence-corrected chi connectivity index (χ2v) is 4.81. The number of rotatable bonds is 4. The molecular formula is C14H11F3N2O2. The van der Waals surface area contributed by atoms with Gasteiger partial charge in [-0.15, -0.1) is 0 Å². The lowest BCUT2D eigenvalue weighted by Crippen LogP contribution is -2.29. The van der Waals surface area contributed by atoms with Gasteiger partial charge in [0, 0.05) is 11.6 Å². The van der Waals surface area contributed by atoms with E-state index in [-0.39, 0.29) is 11.6 Å². The van der Waals surface area contributed by atoms with Gasteiger partial charge < -0.3 is 5.32 Å². The number of halogens is 3. The molecule has 1 aliphatic carbocycles. The maximum absolute atomic E-state index is 12.6. The molecule has 110 valence electrons. The molecular weight excluding hydrogens is 285 g/mol. The van der Waals surface area contributed by atoms with Gasteiger partial charge in [0.25, 0.3) is 0 Å². The van der Waals surface area contributed by atoms with Gasteiger partial charge in [-0.25, -0.2) is 0 Å². The van der Waals surface area contributed by atoms with Gasteiger partial charge in [-0.3, -0.25) is 9.59 Å². The molecule has 0 aliphatic heterocycles. The molecule has 1 aromatic carbocycles. The Morgan fingerprint density at radius 3 is 2.52 bits per heavy atom. The topological polar surface area (TPSA) is 70.0 Å². The van der Waals surface area contributed by atoms with Gasteiger partial charge in [0.15, 0.2) is 11.7 Å². The first kappa shape index (κ1) is 15.0. The highest BCUT2D eigenvalue weighted by Crippen LogP contribution is 2.33. The van der Waals surface area contributed by atoms with Crippen LogP contribution in [0.2, 0.25) is 0 Å². The number of nitrogens with one attached hydrogen (secondary N) is 1. The normalized spacial score (nSPS) is 15.9. The molecule has 4 nitrogen and oxygen atoms in total. The van der Waals surface area contributed by atoms with Crippen LogP contribution in [0.15, 0.2) is 24.3 Å². The monoisotopic (exact) mass is 296 g/mol. The summed E-state index contributed by atoms with van der Waals surface area (Å²) in [5.41, 5.74) is -1.01. The van der Waals surface area contributed by atoms with Gasteiger partial charge in [-0.1, -0.05) is 6.07 Å². The molecule has 1 saturated carbocycles. The van der Waals surface area contributed by atoms with Gasteiger partial charge in [0.2, 0.25) is 5.91 Å². The highest BCUT2D eigenvalue weighted by molar-refractivity contribution is 6.10. The summed E-state index contributed by atoms with van der Waals surface area (Å²) in [5, 5.41) is 11.1. The lowest BCUT2D eigenvalue weighted by atomic mass is 10.0. The van der Waals surface area contributed by atoms with E-state index in [0.717, 1.165) is 18.2 Å². The number of nitrogens with zero attached hydrogens (tertiary/aromatic N) is 1. The Kier molecular flexibility index (Phi) is 3.98. The minimum Gasteiger partial charge on any atom is -0.325 e. The smallest absolute Gasteiger partial charge is 0.325 e. The molecule has 1 aromatic rings. The largest absolute Gasteiger partial charge is 0.416 e. The van der Waals surface area contributed by atoms with Gasteiger partial charge in [-0.05, 0) is 31.0 Å². The molecule has 1 unspecified atom stereocenters. The fraction of sp³-hybridized carbons (Fsp3) is 0.357. The van der Waals surface area contributed by atoms with E-state index < -0.39 is 29.3 Å². The van der Waals surface area contributed by atoms with Crippen molar-refractivity contribution in [1.82, 2.24) is 0 Å². The minimum absolute atomic E-state index is 0.0985. The molecule has 1 aliphatic rings. The van der Waals surface area contributed by atoms with Crippen molar-refractivity contribution in [2.45, 2.75) is 19.0 Å². The quantitative estimate of drug-likeness (QED) is 0.868. The third kappa shape index (κ3) is 3.60. The van der Waals surface area contributed by atoms with Crippen LogP contribution in [-0.4, -0.2) is 11.7 Å². The number of hydrogen-bond acceptors (Lipinski definition) is 3. The van der Waals surface area contributed by atoms with E-state index in [1.165, 1.54) is 6.07 Å².